The van der Waals surface area contributed by atoms with E-state index in [0.717, 1.165) is 44.1 Å². The number of Topliss-reactive ketones (excluding diaryl/α,β-unsaturated/α-hetero) is 1. The Bertz CT molecular complexity index is 386. The lowest BCUT2D eigenvalue weighted by molar-refractivity contribution is -0.116. The van der Waals surface area contributed by atoms with Gasteiger partial charge in [-0.1, -0.05) is 28.9 Å². The highest BCUT2D eigenvalue weighted by Gasteiger charge is 2.18. The van der Waals surface area contributed by atoms with Crippen molar-refractivity contribution in [2.75, 3.05) is 0 Å². The summed E-state index contributed by atoms with van der Waals surface area (Å²) in [5, 5.41) is 0. The zero-order valence-electron chi connectivity index (χ0n) is 12.3. The molecule has 0 spiro atoms. The molecular formula is C17H26O. The third kappa shape index (κ3) is 5.03. The molecule has 0 aromatic heterocycles. The predicted molar refractivity (Wildman–Crippen MR) is 78.6 cm³/mol. The van der Waals surface area contributed by atoms with Gasteiger partial charge in [-0.15, -0.1) is 0 Å². The molecule has 1 heteroatoms. The largest absolute Gasteiger partial charge is 0.295 e. The van der Waals surface area contributed by atoms with Crippen LogP contribution in [-0.4, -0.2) is 5.78 Å². The van der Waals surface area contributed by atoms with Crippen LogP contribution in [0.1, 0.15) is 66.2 Å². The Labute approximate surface area is 112 Å². The maximum absolute atomic E-state index is 12.0. The summed E-state index contributed by atoms with van der Waals surface area (Å²) < 4.78 is 0. The van der Waals surface area contributed by atoms with Gasteiger partial charge in [-0.3, -0.25) is 4.79 Å². The quantitative estimate of drug-likeness (QED) is 0.614. The summed E-state index contributed by atoms with van der Waals surface area (Å²) in [6.45, 7) is 8.45. The smallest absolute Gasteiger partial charge is 0.159 e. The first-order chi connectivity index (χ1) is 8.50. The summed E-state index contributed by atoms with van der Waals surface area (Å²) in [6, 6.07) is 0. The fourth-order valence-corrected chi connectivity index (χ4v) is 2.34. The Morgan fingerprint density at radius 3 is 2.33 bits per heavy atom. The maximum Gasteiger partial charge on any atom is 0.159 e. The van der Waals surface area contributed by atoms with Crippen LogP contribution in [0.15, 0.2) is 34.4 Å². The molecule has 1 rings (SSSR count). The van der Waals surface area contributed by atoms with Crippen LogP contribution in [0.3, 0.4) is 0 Å². The molecule has 0 radical (unpaired) electrons. The van der Waals surface area contributed by atoms with Crippen molar-refractivity contribution in [3.05, 3.63) is 34.4 Å². The number of carbonyl (C=O) groups is 1. The van der Waals surface area contributed by atoms with Crippen LogP contribution in [0, 0.1) is 0 Å². The van der Waals surface area contributed by atoms with Gasteiger partial charge in [-0.05, 0) is 65.4 Å². The average Bonchev–Trinajstić information content (AvgIpc) is 2.27. The van der Waals surface area contributed by atoms with E-state index < -0.39 is 0 Å². The first kappa shape index (κ1) is 14.9. The van der Waals surface area contributed by atoms with E-state index in [4.69, 9.17) is 0 Å². The van der Waals surface area contributed by atoms with Crippen molar-refractivity contribution < 1.29 is 4.79 Å². The summed E-state index contributed by atoms with van der Waals surface area (Å²) >= 11 is 0. The topological polar surface area (TPSA) is 17.1 Å². The van der Waals surface area contributed by atoms with Crippen LogP contribution in [0.2, 0.25) is 0 Å². The minimum Gasteiger partial charge on any atom is -0.295 e. The fraction of sp³-hybridized carbons (Fsp3) is 0.588. The lowest BCUT2D eigenvalue weighted by Gasteiger charge is -2.18. The van der Waals surface area contributed by atoms with E-state index in [0.29, 0.717) is 5.78 Å². The Hall–Kier alpha value is -1.11. The number of rotatable bonds is 5. The molecule has 0 bridgehead atoms. The number of ketones is 1. The van der Waals surface area contributed by atoms with Crippen LogP contribution in [-0.2, 0) is 4.79 Å². The lowest BCUT2D eigenvalue weighted by Crippen LogP contribution is -2.11. The molecule has 1 nitrogen and oxygen atoms in total. The zero-order chi connectivity index (χ0) is 13.5. The normalized spacial score (nSPS) is 15.7. The number of hydrogen-bond donors (Lipinski definition) is 0. The SMILES string of the molecule is CC(C)=CCCC1=C(CC=C(C)C)C(=O)CCC1. The first-order valence-electron chi connectivity index (χ1n) is 7.01. The van der Waals surface area contributed by atoms with Crippen molar-refractivity contribution in [1.82, 2.24) is 0 Å². The molecule has 0 saturated heterocycles. The Morgan fingerprint density at radius 2 is 1.72 bits per heavy atom. The highest BCUT2D eigenvalue weighted by molar-refractivity contribution is 5.97. The Balaban J connectivity index is 2.77. The van der Waals surface area contributed by atoms with E-state index in [1.807, 2.05) is 0 Å². The fourth-order valence-electron chi connectivity index (χ4n) is 2.34. The molecule has 0 heterocycles. The van der Waals surface area contributed by atoms with E-state index in [9.17, 15) is 4.79 Å². The molecule has 0 atom stereocenters. The molecule has 0 fully saturated rings. The number of allylic oxidation sites excluding steroid dienone is 6. The second kappa shape index (κ2) is 7.35. The molecule has 0 amide bonds. The van der Waals surface area contributed by atoms with E-state index in [-0.39, 0.29) is 0 Å². The number of hydrogen-bond acceptors (Lipinski definition) is 1. The van der Waals surface area contributed by atoms with Crippen LogP contribution in [0.25, 0.3) is 0 Å². The third-order valence-electron chi connectivity index (χ3n) is 3.36. The van der Waals surface area contributed by atoms with Gasteiger partial charge in [0.15, 0.2) is 5.78 Å². The molecular weight excluding hydrogens is 220 g/mol. The van der Waals surface area contributed by atoms with Gasteiger partial charge in [0, 0.05) is 6.42 Å². The third-order valence-corrected chi connectivity index (χ3v) is 3.36. The van der Waals surface area contributed by atoms with Gasteiger partial charge in [-0.25, -0.2) is 0 Å². The molecule has 0 saturated carbocycles. The predicted octanol–water partition coefficient (Wildman–Crippen LogP) is 5.14. The minimum atomic E-state index is 0.381. The second-order valence-electron chi connectivity index (χ2n) is 5.66. The van der Waals surface area contributed by atoms with Crippen molar-refractivity contribution in [3.8, 4) is 0 Å². The molecule has 1 aliphatic rings. The van der Waals surface area contributed by atoms with Gasteiger partial charge in [0.1, 0.15) is 0 Å². The summed E-state index contributed by atoms with van der Waals surface area (Å²) in [5.41, 5.74) is 5.17. The summed E-state index contributed by atoms with van der Waals surface area (Å²) in [4.78, 5) is 12.0. The van der Waals surface area contributed by atoms with Crippen molar-refractivity contribution >= 4 is 5.78 Å². The highest BCUT2D eigenvalue weighted by Crippen LogP contribution is 2.28. The van der Waals surface area contributed by atoms with E-state index in [1.165, 1.54) is 16.7 Å². The standard InChI is InChI=1S/C17H26O/c1-13(2)7-5-8-15-9-6-10-17(18)16(15)12-11-14(3)4/h7,11H,5-6,8-10,12H2,1-4H3. The van der Waals surface area contributed by atoms with Crippen LogP contribution in [0.5, 0.6) is 0 Å². The van der Waals surface area contributed by atoms with Gasteiger partial charge in [0.25, 0.3) is 0 Å². The van der Waals surface area contributed by atoms with Gasteiger partial charge in [0.05, 0.1) is 0 Å². The highest BCUT2D eigenvalue weighted by atomic mass is 16.1. The van der Waals surface area contributed by atoms with Crippen LogP contribution < -0.4 is 0 Å². The molecule has 100 valence electrons. The average molecular weight is 246 g/mol. The Kier molecular flexibility index (Phi) is 6.11. The zero-order valence-corrected chi connectivity index (χ0v) is 12.3. The molecule has 18 heavy (non-hydrogen) atoms. The van der Waals surface area contributed by atoms with Crippen molar-refractivity contribution in [2.45, 2.75) is 66.2 Å². The lowest BCUT2D eigenvalue weighted by atomic mass is 9.86. The molecule has 0 aliphatic heterocycles. The molecule has 0 unspecified atom stereocenters. The van der Waals surface area contributed by atoms with Crippen molar-refractivity contribution in [3.63, 3.8) is 0 Å². The second-order valence-corrected chi connectivity index (χ2v) is 5.66. The summed E-state index contributed by atoms with van der Waals surface area (Å²) in [5.74, 6) is 0.381. The van der Waals surface area contributed by atoms with Crippen molar-refractivity contribution in [1.29, 1.82) is 0 Å². The van der Waals surface area contributed by atoms with Gasteiger partial charge in [-0.2, -0.15) is 0 Å². The summed E-state index contributed by atoms with van der Waals surface area (Å²) in [6.07, 6.45) is 10.3. The van der Waals surface area contributed by atoms with Crippen molar-refractivity contribution in [2.24, 2.45) is 0 Å². The van der Waals surface area contributed by atoms with Gasteiger partial charge >= 0.3 is 0 Å². The molecule has 0 aromatic carbocycles. The number of carbonyl (C=O) groups excluding carboxylic acids is 1. The maximum atomic E-state index is 12.0. The van der Waals surface area contributed by atoms with E-state index in [1.54, 1.807) is 0 Å². The van der Waals surface area contributed by atoms with Gasteiger partial charge in [0.2, 0.25) is 0 Å². The summed E-state index contributed by atoms with van der Waals surface area (Å²) in [7, 11) is 0. The molecule has 1 aliphatic carbocycles. The first-order valence-corrected chi connectivity index (χ1v) is 7.01. The van der Waals surface area contributed by atoms with Gasteiger partial charge < -0.3 is 0 Å². The molecule has 0 aromatic rings. The monoisotopic (exact) mass is 246 g/mol. The van der Waals surface area contributed by atoms with E-state index in [2.05, 4.69) is 39.8 Å². The minimum absolute atomic E-state index is 0.381. The Morgan fingerprint density at radius 1 is 1.06 bits per heavy atom. The van der Waals surface area contributed by atoms with E-state index >= 15 is 0 Å². The molecule has 0 N–H and O–H groups in total. The van der Waals surface area contributed by atoms with Crippen LogP contribution in [0.4, 0.5) is 0 Å². The van der Waals surface area contributed by atoms with Crippen LogP contribution >= 0.6 is 0 Å².